The number of fused-ring (bicyclic) bond motifs is 1. The van der Waals surface area contributed by atoms with Gasteiger partial charge in [0.1, 0.15) is 11.6 Å². The summed E-state index contributed by atoms with van der Waals surface area (Å²) in [5.74, 6) is -0.286. The summed E-state index contributed by atoms with van der Waals surface area (Å²) in [4.78, 5) is 37.1. The minimum Gasteiger partial charge on any atom is -0.352 e. The summed E-state index contributed by atoms with van der Waals surface area (Å²) in [5, 5.41) is 4.48. The molecule has 9 nitrogen and oxygen atoms in total. The van der Waals surface area contributed by atoms with E-state index in [0.717, 1.165) is 31.6 Å². The van der Waals surface area contributed by atoms with E-state index < -0.39 is 23.2 Å². The lowest BCUT2D eigenvalue weighted by Gasteiger charge is -2.45. The number of alkyl halides is 3. The van der Waals surface area contributed by atoms with Crippen molar-refractivity contribution in [1.29, 1.82) is 0 Å². The van der Waals surface area contributed by atoms with Crippen LogP contribution >= 0.6 is 11.8 Å². The monoisotopic (exact) mass is 655 g/mol. The molecule has 0 saturated carbocycles. The molecule has 3 aliphatic heterocycles. The Hall–Kier alpha value is -3.91. The number of carbonyl (C=O) groups excluding carboxylic acids is 1. The molecule has 1 amide bonds. The number of amides is 1. The Labute approximate surface area is 266 Å². The number of aryl methyl sites for hydroxylation is 1. The Morgan fingerprint density at radius 2 is 1.85 bits per heavy atom. The highest BCUT2D eigenvalue weighted by atomic mass is 32.2. The molecule has 242 valence electrons. The summed E-state index contributed by atoms with van der Waals surface area (Å²) in [6.07, 6.45) is -1.18. The van der Waals surface area contributed by atoms with Crippen LogP contribution in [0.1, 0.15) is 31.9 Å². The number of thioether (sulfide) groups is 1. The number of hydrogen-bond donors (Lipinski definition) is 0. The van der Waals surface area contributed by atoms with Gasteiger partial charge >= 0.3 is 11.9 Å². The van der Waals surface area contributed by atoms with Gasteiger partial charge in [0.15, 0.2) is 0 Å². The summed E-state index contributed by atoms with van der Waals surface area (Å²) in [6, 6.07) is 2.70. The van der Waals surface area contributed by atoms with E-state index in [9.17, 15) is 14.0 Å². The number of piperazine rings is 1. The molecule has 3 aliphatic rings. The third-order valence-electron chi connectivity index (χ3n) is 9.42. The van der Waals surface area contributed by atoms with E-state index in [2.05, 4.69) is 21.6 Å². The van der Waals surface area contributed by atoms with Gasteiger partial charge < -0.3 is 14.7 Å². The van der Waals surface area contributed by atoms with Gasteiger partial charge in [-0.05, 0) is 57.6 Å². The van der Waals surface area contributed by atoms with Crippen LogP contribution in [0.15, 0.2) is 46.7 Å². The molecule has 2 aromatic carbocycles. The van der Waals surface area contributed by atoms with Crippen molar-refractivity contribution in [3.8, 4) is 11.1 Å². The predicted octanol–water partition coefficient (Wildman–Crippen LogP) is 5.07. The van der Waals surface area contributed by atoms with E-state index in [0.29, 0.717) is 22.7 Å². The Balaban J connectivity index is 1.52. The molecule has 7 rings (SSSR count). The van der Waals surface area contributed by atoms with E-state index in [4.69, 9.17) is 0 Å². The molecule has 14 heteroatoms. The number of anilines is 1. The van der Waals surface area contributed by atoms with Gasteiger partial charge in [-0.1, -0.05) is 6.58 Å². The molecule has 2 aromatic heterocycles. The Bertz CT molecular complexity index is 1960. The third-order valence-corrected chi connectivity index (χ3v) is 10.7. The number of likely N-dealkylation sites (tertiary alicyclic amines) is 1. The molecule has 0 aliphatic carbocycles. The van der Waals surface area contributed by atoms with Crippen LogP contribution in [0.4, 0.5) is 23.4 Å². The largest absolute Gasteiger partial charge is 0.417 e. The number of aromatic nitrogens is 4. The van der Waals surface area contributed by atoms with Gasteiger partial charge in [-0.15, -0.1) is 11.8 Å². The zero-order chi connectivity index (χ0) is 32.7. The van der Waals surface area contributed by atoms with Crippen molar-refractivity contribution >= 4 is 45.3 Å². The van der Waals surface area contributed by atoms with Gasteiger partial charge in [-0.3, -0.25) is 14.0 Å². The van der Waals surface area contributed by atoms with Gasteiger partial charge in [0.25, 0.3) is 0 Å². The average Bonchev–Trinajstić information content (AvgIpc) is 3.38. The zero-order valence-corrected chi connectivity index (χ0v) is 26.5. The molecule has 2 saturated heterocycles. The van der Waals surface area contributed by atoms with E-state index in [-0.39, 0.29) is 70.4 Å². The van der Waals surface area contributed by atoms with Crippen LogP contribution in [-0.4, -0.2) is 85.6 Å². The van der Waals surface area contributed by atoms with Crippen molar-refractivity contribution < 1.29 is 22.4 Å². The zero-order valence-electron chi connectivity index (χ0n) is 25.6. The minimum atomic E-state index is -4.79. The summed E-state index contributed by atoms with van der Waals surface area (Å²) >= 11 is 1.29. The lowest BCUT2D eigenvalue weighted by atomic mass is 9.94. The number of nitrogens with zero attached hydrogens (tertiary/aromatic N) is 7. The molecule has 2 fully saturated rings. The molecular formula is C32H33F4N7O2S. The standard InChI is InChI=1S/C32H33F4N7O2S/c1-5-25(44)42-17(2)13-41(14-18(42)3)30-21-11-23(32(34,35)36)26(20-7-8-24(33)22-12-37-39(4)27(20)22)29-28(21)43(31(45)38-30)19(16-46-29)15-40-9-6-10-40/h5,7-8,11-12,17-19H,1,6,9-10,13-16H2,2-4H3/t17-,18+,19?. The van der Waals surface area contributed by atoms with Crippen LogP contribution in [0.5, 0.6) is 0 Å². The van der Waals surface area contributed by atoms with Crippen LogP contribution < -0.4 is 10.6 Å². The fourth-order valence-electron chi connectivity index (χ4n) is 7.31. The summed E-state index contributed by atoms with van der Waals surface area (Å²) in [6.45, 7) is 10.2. The predicted molar refractivity (Wildman–Crippen MR) is 170 cm³/mol. The molecule has 0 N–H and O–H groups in total. The molecule has 4 aromatic rings. The van der Waals surface area contributed by atoms with Gasteiger partial charge in [-0.2, -0.15) is 23.3 Å². The first-order valence-electron chi connectivity index (χ1n) is 15.2. The van der Waals surface area contributed by atoms with Crippen LogP contribution in [0.3, 0.4) is 0 Å². The van der Waals surface area contributed by atoms with Gasteiger partial charge in [0, 0.05) is 65.9 Å². The maximum absolute atomic E-state index is 15.2. The highest BCUT2D eigenvalue weighted by Gasteiger charge is 2.41. The fourth-order valence-corrected chi connectivity index (χ4v) is 8.64. The average molecular weight is 656 g/mol. The number of hydrogen-bond acceptors (Lipinski definition) is 7. The first-order chi connectivity index (χ1) is 21.9. The quantitative estimate of drug-likeness (QED) is 0.220. The minimum absolute atomic E-state index is 0.102. The van der Waals surface area contributed by atoms with Crippen LogP contribution in [0.25, 0.3) is 32.9 Å². The summed E-state index contributed by atoms with van der Waals surface area (Å²) < 4.78 is 63.4. The molecule has 1 unspecified atom stereocenters. The molecule has 0 bridgehead atoms. The number of benzene rings is 2. The molecule has 0 spiro atoms. The van der Waals surface area contributed by atoms with Crippen molar-refractivity contribution in [1.82, 2.24) is 29.1 Å². The second kappa shape index (κ2) is 11.1. The summed E-state index contributed by atoms with van der Waals surface area (Å²) in [7, 11) is 1.57. The van der Waals surface area contributed by atoms with Crippen molar-refractivity contribution in [2.75, 3.05) is 43.4 Å². The van der Waals surface area contributed by atoms with Crippen molar-refractivity contribution in [3.05, 3.63) is 58.9 Å². The molecule has 5 heterocycles. The van der Waals surface area contributed by atoms with Crippen molar-refractivity contribution in [2.45, 2.75) is 49.5 Å². The maximum atomic E-state index is 15.2. The fraction of sp³-hybridized carbons (Fsp3) is 0.438. The number of halogens is 4. The Morgan fingerprint density at radius 1 is 1.13 bits per heavy atom. The number of carbonyl (C=O) groups is 1. The SMILES string of the molecule is C=CC(=O)N1[C@H](C)CN(c2nc(=O)n3c4c(c(-c5ccc(F)c6cnn(C)c56)c(C(F)(F)F)cc24)SCC3CN2CCC2)C[C@@H]1C. The lowest BCUT2D eigenvalue weighted by molar-refractivity contribution is -0.137. The smallest absolute Gasteiger partial charge is 0.352 e. The first kappa shape index (κ1) is 30.7. The molecular weight excluding hydrogens is 622 g/mol. The van der Waals surface area contributed by atoms with Gasteiger partial charge in [-0.25, -0.2) is 9.18 Å². The lowest BCUT2D eigenvalue weighted by Crippen LogP contribution is -2.58. The topological polar surface area (TPSA) is 79.5 Å². The van der Waals surface area contributed by atoms with Crippen molar-refractivity contribution in [2.24, 2.45) is 7.05 Å². The second-order valence-corrected chi connectivity index (χ2v) is 13.4. The Morgan fingerprint density at radius 3 is 2.48 bits per heavy atom. The van der Waals surface area contributed by atoms with E-state index in [1.807, 2.05) is 18.7 Å². The normalized spacial score (nSPS) is 22.0. The highest BCUT2D eigenvalue weighted by molar-refractivity contribution is 7.99. The van der Waals surface area contributed by atoms with Crippen LogP contribution in [-0.2, 0) is 18.0 Å². The van der Waals surface area contributed by atoms with Gasteiger partial charge in [0.05, 0.1) is 34.2 Å². The molecule has 46 heavy (non-hydrogen) atoms. The van der Waals surface area contributed by atoms with E-state index in [1.54, 1.807) is 16.5 Å². The molecule has 3 atom stereocenters. The van der Waals surface area contributed by atoms with E-state index in [1.165, 1.54) is 34.8 Å². The first-order valence-corrected chi connectivity index (χ1v) is 16.2. The van der Waals surface area contributed by atoms with E-state index >= 15 is 13.2 Å². The summed E-state index contributed by atoms with van der Waals surface area (Å²) in [5.41, 5.74) is -0.718. The number of rotatable bonds is 5. The molecule has 0 radical (unpaired) electrons. The second-order valence-electron chi connectivity index (χ2n) is 12.4. The Kier molecular flexibility index (Phi) is 7.42. The van der Waals surface area contributed by atoms with Crippen molar-refractivity contribution in [3.63, 3.8) is 0 Å². The maximum Gasteiger partial charge on any atom is 0.417 e. The van der Waals surface area contributed by atoms with Gasteiger partial charge in [0.2, 0.25) is 5.91 Å². The highest BCUT2D eigenvalue weighted by Crippen LogP contribution is 2.51. The van der Waals surface area contributed by atoms with Crippen LogP contribution in [0.2, 0.25) is 0 Å². The third kappa shape index (κ3) is 4.79. The van der Waals surface area contributed by atoms with Crippen LogP contribution in [0, 0.1) is 5.82 Å².